The number of hydrogen-bond donors (Lipinski definition) is 0. The van der Waals surface area contributed by atoms with Gasteiger partial charge in [0.05, 0.1) is 32.7 Å². The highest BCUT2D eigenvalue weighted by Gasteiger charge is 2.17. The van der Waals surface area contributed by atoms with Crippen LogP contribution in [0.2, 0.25) is 0 Å². The third-order valence-electron chi connectivity index (χ3n) is 3.18. The molecule has 0 radical (unpaired) electrons. The molecule has 1 aromatic carbocycles. The van der Waals surface area contributed by atoms with Crippen LogP contribution < -0.4 is 9.47 Å². The zero-order valence-corrected chi connectivity index (χ0v) is 13.7. The Morgan fingerprint density at radius 2 is 1.88 bits per heavy atom. The summed E-state index contributed by atoms with van der Waals surface area (Å²) < 4.78 is 25.7. The lowest BCUT2D eigenvalue weighted by atomic mass is 10.2. The fourth-order valence-corrected chi connectivity index (χ4v) is 2.02. The molecule has 0 N–H and O–H groups in total. The highest BCUT2D eigenvalue weighted by Crippen LogP contribution is 2.29. The number of furan rings is 1. The Morgan fingerprint density at radius 1 is 1.08 bits per heavy atom. The first-order chi connectivity index (χ1) is 11.6. The van der Waals surface area contributed by atoms with E-state index in [2.05, 4.69) is 4.74 Å². The van der Waals surface area contributed by atoms with Gasteiger partial charge in [0.15, 0.2) is 17.3 Å². The van der Waals surface area contributed by atoms with Gasteiger partial charge in [-0.1, -0.05) is 0 Å². The van der Waals surface area contributed by atoms with Crippen molar-refractivity contribution in [1.29, 1.82) is 0 Å². The van der Waals surface area contributed by atoms with Crippen molar-refractivity contribution >= 4 is 11.9 Å². The quantitative estimate of drug-likeness (QED) is 0.720. The highest BCUT2D eigenvalue weighted by molar-refractivity contribution is 5.90. The third kappa shape index (κ3) is 3.87. The van der Waals surface area contributed by atoms with Gasteiger partial charge in [-0.25, -0.2) is 9.59 Å². The van der Waals surface area contributed by atoms with Crippen LogP contribution in [0.3, 0.4) is 0 Å². The van der Waals surface area contributed by atoms with Gasteiger partial charge in [0.1, 0.15) is 12.2 Å². The predicted molar refractivity (Wildman–Crippen MR) is 83.3 cm³/mol. The summed E-state index contributed by atoms with van der Waals surface area (Å²) >= 11 is 0. The average Bonchev–Trinajstić information content (AvgIpc) is 3.08. The maximum Gasteiger partial charge on any atom is 0.341 e. The van der Waals surface area contributed by atoms with Crippen LogP contribution in [0.25, 0.3) is 0 Å². The molecule has 0 atom stereocenters. The molecule has 2 rings (SSSR count). The number of esters is 2. The predicted octanol–water partition coefficient (Wildman–Crippen LogP) is 2.83. The van der Waals surface area contributed by atoms with Crippen molar-refractivity contribution in [3.63, 3.8) is 0 Å². The van der Waals surface area contributed by atoms with Gasteiger partial charge in [0.2, 0.25) is 0 Å². The van der Waals surface area contributed by atoms with Gasteiger partial charge < -0.3 is 23.4 Å². The molecule has 0 amide bonds. The molecule has 0 fully saturated rings. The molecule has 7 nitrogen and oxygen atoms in total. The minimum Gasteiger partial charge on any atom is -0.493 e. The molecule has 24 heavy (non-hydrogen) atoms. The zero-order chi connectivity index (χ0) is 17.5. The summed E-state index contributed by atoms with van der Waals surface area (Å²) in [6.07, 6.45) is 1.39. The molecule has 0 aliphatic heterocycles. The minimum atomic E-state index is -0.476. The molecule has 7 heteroatoms. The van der Waals surface area contributed by atoms with E-state index in [0.717, 1.165) is 0 Å². The second-order valence-electron chi connectivity index (χ2n) is 4.62. The van der Waals surface area contributed by atoms with E-state index in [9.17, 15) is 9.59 Å². The van der Waals surface area contributed by atoms with Gasteiger partial charge in [-0.2, -0.15) is 0 Å². The lowest BCUT2D eigenvalue weighted by Crippen LogP contribution is -2.08. The zero-order valence-electron chi connectivity index (χ0n) is 13.7. The maximum atomic E-state index is 11.8. The summed E-state index contributed by atoms with van der Waals surface area (Å²) in [6.45, 7) is 2.00. The van der Waals surface area contributed by atoms with E-state index in [1.54, 1.807) is 19.1 Å². The van der Waals surface area contributed by atoms with Gasteiger partial charge in [-0.05, 0) is 31.2 Å². The van der Waals surface area contributed by atoms with E-state index in [0.29, 0.717) is 28.4 Å². The largest absolute Gasteiger partial charge is 0.493 e. The Morgan fingerprint density at radius 3 is 2.54 bits per heavy atom. The maximum absolute atomic E-state index is 11.8. The van der Waals surface area contributed by atoms with Gasteiger partial charge in [0.25, 0.3) is 0 Å². The number of hydrogen-bond acceptors (Lipinski definition) is 7. The topological polar surface area (TPSA) is 84.2 Å². The first-order valence-electron chi connectivity index (χ1n) is 7.23. The Labute approximate surface area is 139 Å². The molecule has 1 aromatic heterocycles. The molecule has 0 saturated heterocycles. The molecule has 0 bridgehead atoms. The van der Waals surface area contributed by atoms with E-state index in [1.807, 2.05) is 0 Å². The Bertz CT molecular complexity index is 717. The third-order valence-corrected chi connectivity index (χ3v) is 3.18. The number of carbonyl (C=O) groups excluding carboxylic acids is 2. The van der Waals surface area contributed by atoms with Crippen molar-refractivity contribution < 1.29 is 33.0 Å². The molecular weight excluding hydrogens is 316 g/mol. The standard InChI is InChI=1S/C17H18O7/c1-4-22-17(19)12-7-8-23-15(12)10-24-13-6-5-11(16(18)21-3)9-14(13)20-2/h5-9H,4,10H2,1-3H3. The van der Waals surface area contributed by atoms with Crippen LogP contribution in [0, 0.1) is 0 Å². The Balaban J connectivity index is 2.14. The van der Waals surface area contributed by atoms with Crippen molar-refractivity contribution in [3.05, 3.63) is 47.4 Å². The SMILES string of the molecule is CCOC(=O)c1ccoc1COc1ccc(C(=O)OC)cc1OC. The fourth-order valence-electron chi connectivity index (χ4n) is 2.02. The van der Waals surface area contributed by atoms with Crippen molar-refractivity contribution in [2.75, 3.05) is 20.8 Å². The number of methoxy groups -OCH3 is 2. The van der Waals surface area contributed by atoms with Crippen molar-refractivity contribution in [2.24, 2.45) is 0 Å². The number of carbonyl (C=O) groups is 2. The van der Waals surface area contributed by atoms with E-state index in [-0.39, 0.29) is 13.2 Å². The fraction of sp³-hybridized carbons (Fsp3) is 0.294. The molecule has 0 spiro atoms. The molecule has 0 aliphatic rings. The molecule has 0 aliphatic carbocycles. The van der Waals surface area contributed by atoms with Crippen LogP contribution in [0.4, 0.5) is 0 Å². The van der Waals surface area contributed by atoms with Gasteiger partial charge in [0, 0.05) is 0 Å². The molecule has 1 heterocycles. The van der Waals surface area contributed by atoms with Crippen LogP contribution in [-0.2, 0) is 16.1 Å². The second kappa shape index (κ2) is 8.05. The number of rotatable bonds is 7. The van der Waals surface area contributed by atoms with Gasteiger partial charge in [-0.15, -0.1) is 0 Å². The normalized spacial score (nSPS) is 10.1. The van der Waals surface area contributed by atoms with E-state index in [4.69, 9.17) is 18.6 Å². The van der Waals surface area contributed by atoms with Gasteiger partial charge >= 0.3 is 11.9 Å². The summed E-state index contributed by atoms with van der Waals surface area (Å²) in [5.41, 5.74) is 0.647. The molecule has 128 valence electrons. The molecule has 2 aromatic rings. The number of ether oxygens (including phenoxy) is 4. The van der Waals surface area contributed by atoms with Crippen molar-refractivity contribution in [1.82, 2.24) is 0 Å². The summed E-state index contributed by atoms with van der Waals surface area (Å²) in [7, 11) is 2.76. The van der Waals surface area contributed by atoms with Crippen molar-refractivity contribution in [2.45, 2.75) is 13.5 Å². The minimum absolute atomic E-state index is 0.00901. The van der Waals surface area contributed by atoms with Crippen LogP contribution in [0.15, 0.2) is 34.9 Å². The van der Waals surface area contributed by atoms with Crippen LogP contribution in [-0.4, -0.2) is 32.8 Å². The Kier molecular flexibility index (Phi) is 5.83. The van der Waals surface area contributed by atoms with E-state index in [1.165, 1.54) is 32.6 Å². The van der Waals surface area contributed by atoms with Gasteiger partial charge in [-0.3, -0.25) is 0 Å². The van der Waals surface area contributed by atoms with Crippen LogP contribution in [0.1, 0.15) is 33.4 Å². The van der Waals surface area contributed by atoms with Crippen LogP contribution in [0.5, 0.6) is 11.5 Å². The van der Waals surface area contributed by atoms with E-state index >= 15 is 0 Å². The molecule has 0 saturated carbocycles. The summed E-state index contributed by atoms with van der Waals surface area (Å²) in [5.74, 6) is 0.152. The lowest BCUT2D eigenvalue weighted by molar-refractivity contribution is 0.0520. The first-order valence-corrected chi connectivity index (χ1v) is 7.23. The lowest BCUT2D eigenvalue weighted by Gasteiger charge is -2.11. The summed E-state index contributed by atoms with van der Waals surface area (Å²) in [5, 5.41) is 0. The highest BCUT2D eigenvalue weighted by atomic mass is 16.5. The Hall–Kier alpha value is -2.96. The second-order valence-corrected chi connectivity index (χ2v) is 4.62. The smallest absolute Gasteiger partial charge is 0.341 e. The van der Waals surface area contributed by atoms with E-state index < -0.39 is 11.9 Å². The first kappa shape index (κ1) is 17.4. The molecule has 0 unspecified atom stereocenters. The number of benzene rings is 1. The van der Waals surface area contributed by atoms with Crippen molar-refractivity contribution in [3.8, 4) is 11.5 Å². The molecular formula is C17H18O7. The summed E-state index contributed by atoms with van der Waals surface area (Å²) in [4.78, 5) is 23.3. The van der Waals surface area contributed by atoms with Crippen LogP contribution >= 0.6 is 0 Å². The monoisotopic (exact) mass is 334 g/mol. The average molecular weight is 334 g/mol. The summed E-state index contributed by atoms with van der Waals surface area (Å²) in [6, 6.07) is 6.17.